The molecule has 0 saturated heterocycles. The first kappa shape index (κ1) is 12.1. The van der Waals surface area contributed by atoms with E-state index in [-0.39, 0.29) is 11.2 Å². The summed E-state index contributed by atoms with van der Waals surface area (Å²) in [4.78, 5) is 0. The van der Waals surface area contributed by atoms with E-state index in [2.05, 4.69) is 17.5 Å². The van der Waals surface area contributed by atoms with Gasteiger partial charge in [-0.1, -0.05) is 0 Å². The van der Waals surface area contributed by atoms with Crippen LogP contribution in [0.5, 0.6) is 5.75 Å². The van der Waals surface area contributed by atoms with E-state index >= 15 is 0 Å². The van der Waals surface area contributed by atoms with Gasteiger partial charge in [-0.3, -0.25) is 0 Å². The highest BCUT2D eigenvalue weighted by atomic mass is 32.1. The van der Waals surface area contributed by atoms with Gasteiger partial charge >= 0.3 is 0 Å². The molecule has 1 aliphatic rings. The molecule has 0 aromatic heterocycles. The van der Waals surface area contributed by atoms with Crippen molar-refractivity contribution in [3.05, 3.63) is 24.0 Å². The van der Waals surface area contributed by atoms with Gasteiger partial charge in [0.2, 0.25) is 0 Å². The first-order chi connectivity index (χ1) is 8.15. The summed E-state index contributed by atoms with van der Waals surface area (Å²) in [6.45, 7) is 0. The topological polar surface area (TPSA) is 47.3 Å². The molecule has 3 N–H and O–H groups in total. The van der Waals surface area contributed by atoms with Gasteiger partial charge in [0.05, 0.1) is 6.10 Å². The maximum atomic E-state index is 13.7. The summed E-state index contributed by atoms with van der Waals surface area (Å²) >= 11 is 4.68. The van der Waals surface area contributed by atoms with Crippen LogP contribution in [0.2, 0.25) is 0 Å². The number of thiocarbonyl (C=S) groups is 1. The predicted molar refractivity (Wildman–Crippen MR) is 69.7 cm³/mol. The first-order valence-electron chi connectivity index (χ1n) is 5.68. The number of nitrogens with two attached hydrogens (primary N) is 1. The quantitative estimate of drug-likeness (QED) is 0.814. The monoisotopic (exact) mass is 254 g/mol. The van der Waals surface area contributed by atoms with E-state index in [9.17, 15) is 4.39 Å². The number of hydrogen-bond acceptors (Lipinski definition) is 2. The molecular weight excluding hydrogens is 239 g/mol. The molecule has 5 heteroatoms. The summed E-state index contributed by atoms with van der Waals surface area (Å²) in [7, 11) is 0. The molecule has 0 unspecified atom stereocenters. The highest BCUT2D eigenvalue weighted by Gasteiger charge is 2.18. The third kappa shape index (κ3) is 3.30. The van der Waals surface area contributed by atoms with Crippen molar-refractivity contribution in [1.29, 1.82) is 0 Å². The number of rotatable bonds is 3. The fraction of sp³-hybridized carbons (Fsp3) is 0.417. The van der Waals surface area contributed by atoms with Crippen molar-refractivity contribution < 1.29 is 9.13 Å². The van der Waals surface area contributed by atoms with E-state index in [4.69, 9.17) is 10.5 Å². The minimum absolute atomic E-state index is 0.119. The number of halogens is 1. The predicted octanol–water partition coefficient (Wildman–Crippen LogP) is 2.80. The molecule has 1 aromatic rings. The summed E-state index contributed by atoms with van der Waals surface area (Å²) < 4.78 is 19.3. The Hall–Kier alpha value is -1.36. The first-order valence-corrected chi connectivity index (χ1v) is 6.08. The molecule has 17 heavy (non-hydrogen) atoms. The van der Waals surface area contributed by atoms with Crippen LogP contribution in [0.15, 0.2) is 18.2 Å². The van der Waals surface area contributed by atoms with Gasteiger partial charge in [-0.05, 0) is 50.0 Å². The lowest BCUT2D eigenvalue weighted by molar-refractivity contribution is 0.201. The Kier molecular flexibility index (Phi) is 3.78. The van der Waals surface area contributed by atoms with Crippen molar-refractivity contribution in [3.63, 3.8) is 0 Å². The molecule has 2 rings (SSSR count). The summed E-state index contributed by atoms with van der Waals surface area (Å²) in [5.74, 6) is -0.0939. The normalized spacial score (nSPS) is 15.8. The van der Waals surface area contributed by atoms with Crippen molar-refractivity contribution in [1.82, 2.24) is 0 Å². The van der Waals surface area contributed by atoms with Gasteiger partial charge in [0.25, 0.3) is 0 Å². The zero-order valence-corrected chi connectivity index (χ0v) is 10.2. The summed E-state index contributed by atoms with van der Waals surface area (Å²) in [6, 6.07) is 4.64. The average Bonchev–Trinajstić information content (AvgIpc) is 2.74. The largest absolute Gasteiger partial charge is 0.487 e. The lowest BCUT2D eigenvalue weighted by Crippen LogP contribution is -2.19. The van der Waals surface area contributed by atoms with Gasteiger partial charge in [0.15, 0.2) is 16.7 Å². The molecule has 0 radical (unpaired) electrons. The maximum absolute atomic E-state index is 13.7. The second kappa shape index (κ2) is 5.31. The highest BCUT2D eigenvalue weighted by molar-refractivity contribution is 7.80. The highest BCUT2D eigenvalue weighted by Crippen LogP contribution is 2.27. The Morgan fingerprint density at radius 1 is 1.41 bits per heavy atom. The lowest BCUT2D eigenvalue weighted by atomic mass is 10.2. The zero-order chi connectivity index (χ0) is 12.3. The van der Waals surface area contributed by atoms with Crippen molar-refractivity contribution in [2.75, 3.05) is 5.32 Å². The van der Waals surface area contributed by atoms with Crippen LogP contribution in [0.3, 0.4) is 0 Å². The van der Waals surface area contributed by atoms with Crippen LogP contribution in [-0.4, -0.2) is 11.2 Å². The van der Waals surface area contributed by atoms with Gasteiger partial charge in [-0.2, -0.15) is 0 Å². The van der Waals surface area contributed by atoms with Crippen LogP contribution < -0.4 is 15.8 Å². The van der Waals surface area contributed by atoms with Gasteiger partial charge in [-0.25, -0.2) is 4.39 Å². The second-order valence-electron chi connectivity index (χ2n) is 4.16. The van der Waals surface area contributed by atoms with Gasteiger partial charge in [0, 0.05) is 11.8 Å². The zero-order valence-electron chi connectivity index (χ0n) is 9.41. The third-order valence-electron chi connectivity index (χ3n) is 2.80. The molecule has 1 saturated carbocycles. The number of nitrogens with one attached hydrogen (secondary N) is 1. The summed E-state index contributed by atoms with van der Waals surface area (Å²) in [5.41, 5.74) is 5.85. The van der Waals surface area contributed by atoms with E-state index in [1.165, 1.54) is 6.07 Å². The van der Waals surface area contributed by atoms with E-state index in [1.54, 1.807) is 12.1 Å². The molecule has 3 nitrogen and oxygen atoms in total. The van der Waals surface area contributed by atoms with E-state index in [1.807, 2.05) is 0 Å². The molecule has 1 aromatic carbocycles. The summed E-state index contributed by atoms with van der Waals surface area (Å²) in [5, 5.41) is 2.80. The Morgan fingerprint density at radius 2 is 2.12 bits per heavy atom. The molecule has 1 aliphatic carbocycles. The third-order valence-corrected chi connectivity index (χ3v) is 2.90. The maximum Gasteiger partial charge on any atom is 0.168 e. The van der Waals surface area contributed by atoms with Crippen LogP contribution >= 0.6 is 12.2 Å². The molecular formula is C12H15FN2OS. The van der Waals surface area contributed by atoms with Crippen molar-refractivity contribution in [2.24, 2.45) is 5.73 Å². The number of ether oxygens (including phenoxy) is 1. The van der Waals surface area contributed by atoms with Crippen LogP contribution in [0.4, 0.5) is 10.1 Å². The van der Waals surface area contributed by atoms with E-state index in [0.717, 1.165) is 25.7 Å². The van der Waals surface area contributed by atoms with Crippen molar-refractivity contribution in [3.8, 4) is 5.75 Å². The molecule has 0 amide bonds. The number of benzene rings is 1. The lowest BCUT2D eigenvalue weighted by Gasteiger charge is -2.14. The van der Waals surface area contributed by atoms with Crippen molar-refractivity contribution >= 4 is 23.0 Å². The SMILES string of the molecule is NC(=S)Nc1ccc(OC2CCCC2)c(F)c1. The minimum Gasteiger partial charge on any atom is -0.487 e. The van der Waals surface area contributed by atoms with Crippen LogP contribution in [0.25, 0.3) is 0 Å². The van der Waals surface area contributed by atoms with Crippen LogP contribution in [0.1, 0.15) is 25.7 Å². The van der Waals surface area contributed by atoms with E-state index in [0.29, 0.717) is 11.4 Å². The number of anilines is 1. The molecule has 1 fully saturated rings. The molecule has 0 heterocycles. The standard InChI is InChI=1S/C12H15FN2OS/c13-10-7-8(15-12(14)17)5-6-11(10)16-9-3-1-2-4-9/h5-7,9H,1-4H2,(H3,14,15,17). The average molecular weight is 254 g/mol. The molecule has 0 aliphatic heterocycles. The van der Waals surface area contributed by atoms with Gasteiger partial charge in [-0.15, -0.1) is 0 Å². The molecule has 92 valence electrons. The Bertz CT molecular complexity index is 419. The van der Waals surface area contributed by atoms with Crippen LogP contribution in [0, 0.1) is 5.82 Å². The van der Waals surface area contributed by atoms with Crippen molar-refractivity contribution in [2.45, 2.75) is 31.8 Å². The number of hydrogen-bond donors (Lipinski definition) is 2. The van der Waals surface area contributed by atoms with E-state index < -0.39 is 5.82 Å². The fourth-order valence-electron chi connectivity index (χ4n) is 2.00. The second-order valence-corrected chi connectivity index (χ2v) is 4.60. The smallest absolute Gasteiger partial charge is 0.168 e. The Balaban J connectivity index is 2.05. The minimum atomic E-state index is -0.391. The molecule has 0 atom stereocenters. The molecule has 0 spiro atoms. The fourth-order valence-corrected chi connectivity index (χ4v) is 2.12. The van der Waals surface area contributed by atoms with Crippen LogP contribution in [-0.2, 0) is 0 Å². The molecule has 0 bridgehead atoms. The Morgan fingerprint density at radius 3 is 2.71 bits per heavy atom. The van der Waals surface area contributed by atoms with Gasteiger partial charge < -0.3 is 15.8 Å². The summed E-state index contributed by atoms with van der Waals surface area (Å²) in [6.07, 6.45) is 4.48. The Labute approximate surface area is 105 Å². The van der Waals surface area contributed by atoms with Gasteiger partial charge in [0.1, 0.15) is 0 Å².